The molecule has 0 atom stereocenters. The van der Waals surface area contributed by atoms with Crippen molar-refractivity contribution in [1.29, 1.82) is 0 Å². The predicted octanol–water partition coefficient (Wildman–Crippen LogP) is 3.14. The van der Waals surface area contributed by atoms with Gasteiger partial charge in [0.1, 0.15) is 0 Å². The van der Waals surface area contributed by atoms with Crippen molar-refractivity contribution in [3.05, 3.63) is 54.6 Å². The van der Waals surface area contributed by atoms with Crippen LogP contribution < -0.4 is 5.32 Å². The first-order valence-corrected chi connectivity index (χ1v) is 10.7. The van der Waals surface area contributed by atoms with Crippen LogP contribution in [-0.4, -0.2) is 54.9 Å². The van der Waals surface area contributed by atoms with Gasteiger partial charge in [0.15, 0.2) is 6.61 Å². The largest absolute Gasteiger partial charge is 0.455 e. The zero-order valence-electron chi connectivity index (χ0n) is 15.7. The Morgan fingerprint density at radius 1 is 1.04 bits per heavy atom. The first kappa shape index (κ1) is 21.8. The molecule has 0 heterocycles. The molecule has 0 saturated carbocycles. The van der Waals surface area contributed by atoms with Crippen molar-refractivity contribution in [3.8, 4) is 0 Å². The molecule has 0 unspecified atom stereocenters. The van der Waals surface area contributed by atoms with Crippen LogP contribution in [-0.2, 0) is 19.1 Å². The summed E-state index contributed by atoms with van der Waals surface area (Å²) in [5.74, 6) is -1.11. The Bertz CT molecular complexity index is 815. The van der Waals surface area contributed by atoms with Crippen molar-refractivity contribution in [3.63, 3.8) is 0 Å². The van der Waals surface area contributed by atoms with Crippen molar-refractivity contribution in [2.75, 3.05) is 37.5 Å². The zero-order valence-corrected chi connectivity index (χ0v) is 17.3. The van der Waals surface area contributed by atoms with Gasteiger partial charge >= 0.3 is 5.97 Å². The first-order valence-electron chi connectivity index (χ1n) is 8.50. The monoisotopic (exact) mass is 418 g/mol. The van der Waals surface area contributed by atoms with E-state index in [0.717, 1.165) is 9.79 Å². The van der Waals surface area contributed by atoms with E-state index in [1.54, 1.807) is 6.07 Å². The highest BCUT2D eigenvalue weighted by molar-refractivity contribution is 8.00. The Balaban J connectivity index is 1.72. The molecule has 28 heavy (non-hydrogen) atoms. The second kappa shape index (κ2) is 11.4. The van der Waals surface area contributed by atoms with E-state index >= 15 is 0 Å². The first-order chi connectivity index (χ1) is 13.5. The van der Waals surface area contributed by atoms with E-state index in [2.05, 4.69) is 5.32 Å². The fourth-order valence-electron chi connectivity index (χ4n) is 2.19. The van der Waals surface area contributed by atoms with E-state index in [1.165, 1.54) is 35.5 Å². The average Bonchev–Trinajstić information content (AvgIpc) is 2.71. The van der Waals surface area contributed by atoms with E-state index in [-0.39, 0.29) is 24.8 Å². The second-order valence-electron chi connectivity index (χ2n) is 5.76. The molecule has 2 amide bonds. The number of esters is 1. The second-order valence-corrected chi connectivity index (χ2v) is 7.66. The molecule has 8 heteroatoms. The van der Waals surface area contributed by atoms with E-state index in [0.29, 0.717) is 5.69 Å². The Morgan fingerprint density at radius 2 is 1.71 bits per heavy atom. The van der Waals surface area contributed by atoms with Gasteiger partial charge in [0.05, 0.1) is 18.0 Å². The number of carbonyl (C=O) groups is 3. The van der Waals surface area contributed by atoms with E-state index in [4.69, 9.17) is 4.74 Å². The van der Waals surface area contributed by atoms with Gasteiger partial charge in [-0.25, -0.2) is 0 Å². The number of rotatable bonds is 9. The van der Waals surface area contributed by atoms with Crippen LogP contribution >= 0.6 is 23.5 Å². The molecule has 0 bridgehead atoms. The van der Waals surface area contributed by atoms with E-state index in [9.17, 15) is 14.4 Å². The van der Waals surface area contributed by atoms with Crippen molar-refractivity contribution in [2.24, 2.45) is 0 Å². The Morgan fingerprint density at radius 3 is 2.43 bits per heavy atom. The number of para-hydroxylation sites is 1. The fourth-order valence-corrected chi connectivity index (χ4v) is 3.47. The highest BCUT2D eigenvalue weighted by atomic mass is 32.2. The number of likely N-dealkylation sites (N-methyl/N-ethyl adjacent to an activating group) is 1. The van der Waals surface area contributed by atoms with Gasteiger partial charge in [-0.1, -0.05) is 30.3 Å². The highest BCUT2D eigenvalue weighted by Gasteiger charge is 2.16. The number of nitrogens with one attached hydrogen (secondary N) is 1. The maximum atomic E-state index is 12.2. The quantitative estimate of drug-likeness (QED) is 0.498. The van der Waals surface area contributed by atoms with Crippen LogP contribution in [0.3, 0.4) is 0 Å². The number of ether oxygens (including phenoxy) is 1. The highest BCUT2D eigenvalue weighted by Crippen LogP contribution is 2.24. The number of hydrogen-bond donors (Lipinski definition) is 1. The molecule has 0 aliphatic rings. The lowest BCUT2D eigenvalue weighted by Gasteiger charge is -2.17. The molecule has 148 valence electrons. The molecule has 0 aromatic heterocycles. The molecule has 0 spiro atoms. The molecule has 1 N–H and O–H groups in total. The number of anilines is 1. The van der Waals surface area contributed by atoms with Crippen molar-refractivity contribution >= 4 is 47.0 Å². The van der Waals surface area contributed by atoms with Crippen LogP contribution in [0.5, 0.6) is 0 Å². The number of benzene rings is 2. The van der Waals surface area contributed by atoms with Crippen molar-refractivity contribution < 1.29 is 19.1 Å². The standard InChI is InChI=1S/C20H22N2O4S2/c1-22(12-18(23)21-16-10-6-7-11-17(16)27-2)19(24)13-26-20(25)14-28-15-8-4-3-5-9-15/h3-11H,12-14H2,1-2H3,(H,21,23). The van der Waals surface area contributed by atoms with Gasteiger partial charge in [-0.2, -0.15) is 0 Å². The van der Waals surface area contributed by atoms with Gasteiger partial charge in [0, 0.05) is 16.8 Å². The molecule has 0 aliphatic heterocycles. The van der Waals surface area contributed by atoms with Crippen LogP contribution in [0.2, 0.25) is 0 Å². The van der Waals surface area contributed by atoms with Gasteiger partial charge in [0.25, 0.3) is 5.91 Å². The number of nitrogens with zero attached hydrogens (tertiary/aromatic N) is 1. The van der Waals surface area contributed by atoms with Crippen LogP contribution in [0.4, 0.5) is 5.69 Å². The fraction of sp³-hybridized carbons (Fsp3) is 0.250. The Labute approximate surface area is 173 Å². The molecule has 2 aromatic rings. The lowest BCUT2D eigenvalue weighted by atomic mass is 10.3. The maximum absolute atomic E-state index is 12.2. The molecule has 6 nitrogen and oxygen atoms in total. The molecular formula is C20H22N2O4S2. The molecule has 0 radical (unpaired) electrons. The average molecular weight is 419 g/mol. The minimum atomic E-state index is -0.478. The molecular weight excluding hydrogens is 396 g/mol. The minimum absolute atomic E-state index is 0.118. The van der Waals surface area contributed by atoms with Crippen LogP contribution in [0, 0.1) is 0 Å². The van der Waals surface area contributed by atoms with Crippen molar-refractivity contribution in [1.82, 2.24) is 4.90 Å². The SMILES string of the molecule is CSc1ccccc1NC(=O)CN(C)C(=O)COC(=O)CSc1ccccc1. The number of thioether (sulfide) groups is 2. The summed E-state index contributed by atoms with van der Waals surface area (Å²) in [6.45, 7) is -0.517. The lowest BCUT2D eigenvalue weighted by Crippen LogP contribution is -2.37. The van der Waals surface area contributed by atoms with Gasteiger partial charge < -0.3 is 15.0 Å². The summed E-state index contributed by atoms with van der Waals surface area (Å²) in [5.41, 5.74) is 0.699. The number of amides is 2. The van der Waals surface area contributed by atoms with Crippen molar-refractivity contribution in [2.45, 2.75) is 9.79 Å². The third-order valence-corrected chi connectivity index (χ3v) is 5.43. The summed E-state index contributed by atoms with van der Waals surface area (Å²) < 4.78 is 5.00. The number of carbonyl (C=O) groups excluding carboxylic acids is 3. The molecule has 2 rings (SSSR count). The minimum Gasteiger partial charge on any atom is -0.455 e. The normalized spacial score (nSPS) is 10.2. The smallest absolute Gasteiger partial charge is 0.316 e. The summed E-state index contributed by atoms with van der Waals surface area (Å²) in [5, 5.41) is 2.79. The molecule has 0 saturated heterocycles. The maximum Gasteiger partial charge on any atom is 0.316 e. The van der Waals surface area contributed by atoms with Gasteiger partial charge in [-0.15, -0.1) is 23.5 Å². The molecule has 0 aliphatic carbocycles. The van der Waals surface area contributed by atoms with Gasteiger partial charge in [-0.05, 0) is 30.5 Å². The number of hydrogen-bond acceptors (Lipinski definition) is 6. The summed E-state index contributed by atoms with van der Waals surface area (Å²) in [6.07, 6.45) is 1.92. The van der Waals surface area contributed by atoms with E-state index < -0.39 is 11.9 Å². The zero-order chi connectivity index (χ0) is 20.4. The predicted molar refractivity (Wildman–Crippen MR) is 113 cm³/mol. The van der Waals surface area contributed by atoms with Crippen LogP contribution in [0.1, 0.15) is 0 Å². The Kier molecular flexibility index (Phi) is 8.90. The van der Waals surface area contributed by atoms with Crippen LogP contribution in [0.25, 0.3) is 0 Å². The third kappa shape index (κ3) is 7.28. The third-order valence-electron chi connectivity index (χ3n) is 3.64. The molecule has 2 aromatic carbocycles. The van der Waals surface area contributed by atoms with Gasteiger partial charge in [0.2, 0.25) is 5.91 Å². The summed E-state index contributed by atoms with van der Waals surface area (Å²) in [7, 11) is 1.49. The summed E-state index contributed by atoms with van der Waals surface area (Å²) in [4.78, 5) is 39.2. The Hall–Kier alpha value is -2.45. The van der Waals surface area contributed by atoms with E-state index in [1.807, 2.05) is 54.8 Å². The molecule has 0 fully saturated rings. The summed E-state index contributed by atoms with van der Waals surface area (Å²) in [6, 6.07) is 16.9. The topological polar surface area (TPSA) is 75.7 Å². The van der Waals surface area contributed by atoms with Gasteiger partial charge in [-0.3, -0.25) is 14.4 Å². The van der Waals surface area contributed by atoms with Crippen LogP contribution in [0.15, 0.2) is 64.4 Å². The lowest BCUT2D eigenvalue weighted by molar-refractivity contribution is -0.149. The summed E-state index contributed by atoms with van der Waals surface area (Å²) >= 11 is 2.86.